The van der Waals surface area contributed by atoms with Crippen LogP contribution in [0.1, 0.15) is 36.5 Å². The van der Waals surface area contributed by atoms with Crippen LogP contribution in [0.4, 0.5) is 0 Å². The van der Waals surface area contributed by atoms with E-state index in [1.807, 2.05) is 30.3 Å². The number of hydrogen-bond acceptors (Lipinski definition) is 2. The van der Waals surface area contributed by atoms with Crippen LogP contribution in [0.3, 0.4) is 0 Å². The van der Waals surface area contributed by atoms with E-state index in [0.717, 1.165) is 30.5 Å². The van der Waals surface area contributed by atoms with E-state index >= 15 is 0 Å². The first-order valence-corrected chi connectivity index (χ1v) is 9.40. The van der Waals surface area contributed by atoms with Crippen LogP contribution in [0.15, 0.2) is 84.9 Å². The van der Waals surface area contributed by atoms with Gasteiger partial charge in [0.15, 0.2) is 0 Å². The Morgan fingerprint density at radius 3 is 2.23 bits per heavy atom. The largest absolute Gasteiger partial charge is 0.563 e. The number of para-hydroxylation sites is 1. The Morgan fingerprint density at radius 1 is 0.731 bits per heavy atom. The summed E-state index contributed by atoms with van der Waals surface area (Å²) in [5.74, 6) is 0.945. The molecular formula is C23H23BO2. The Labute approximate surface area is 155 Å². The van der Waals surface area contributed by atoms with Gasteiger partial charge in [-0.25, -0.2) is 0 Å². The van der Waals surface area contributed by atoms with E-state index in [-0.39, 0.29) is 13.2 Å². The summed E-state index contributed by atoms with van der Waals surface area (Å²) in [5.41, 5.74) is 3.64. The van der Waals surface area contributed by atoms with Crippen molar-refractivity contribution in [1.82, 2.24) is 0 Å². The third-order valence-electron chi connectivity index (χ3n) is 4.88. The minimum atomic E-state index is -0.328. The van der Waals surface area contributed by atoms with Crippen molar-refractivity contribution in [2.75, 3.05) is 0 Å². The van der Waals surface area contributed by atoms with Gasteiger partial charge in [0.1, 0.15) is 5.75 Å². The monoisotopic (exact) mass is 342 g/mol. The van der Waals surface area contributed by atoms with Gasteiger partial charge in [-0.3, -0.25) is 0 Å². The maximum absolute atomic E-state index is 6.33. The maximum atomic E-state index is 6.33. The van der Waals surface area contributed by atoms with E-state index in [9.17, 15) is 0 Å². The minimum absolute atomic E-state index is 0.0842. The lowest BCUT2D eigenvalue weighted by Gasteiger charge is -2.31. The predicted molar refractivity (Wildman–Crippen MR) is 107 cm³/mol. The highest BCUT2D eigenvalue weighted by molar-refractivity contribution is 6.62. The molecule has 0 N–H and O–H groups in total. The third-order valence-corrected chi connectivity index (χ3v) is 4.88. The first kappa shape index (κ1) is 16.9. The zero-order chi connectivity index (χ0) is 17.6. The van der Waals surface area contributed by atoms with Crippen molar-refractivity contribution >= 4 is 12.6 Å². The van der Waals surface area contributed by atoms with Crippen LogP contribution in [0.25, 0.3) is 0 Å². The Balaban J connectivity index is 1.42. The average Bonchev–Trinajstić information content (AvgIpc) is 2.72. The van der Waals surface area contributed by atoms with Crippen molar-refractivity contribution in [2.45, 2.75) is 31.8 Å². The highest BCUT2D eigenvalue weighted by Crippen LogP contribution is 2.36. The minimum Gasteiger partial charge on any atom is -0.532 e. The van der Waals surface area contributed by atoms with E-state index < -0.39 is 0 Å². The van der Waals surface area contributed by atoms with Crippen LogP contribution < -0.4 is 10.1 Å². The predicted octanol–water partition coefficient (Wildman–Crippen LogP) is 4.95. The van der Waals surface area contributed by atoms with Crippen LogP contribution in [0, 0.1) is 0 Å². The number of benzene rings is 3. The van der Waals surface area contributed by atoms with Crippen molar-refractivity contribution in [2.24, 2.45) is 0 Å². The summed E-state index contributed by atoms with van der Waals surface area (Å²) in [6.45, 7) is 0. The molecule has 4 rings (SSSR count). The average molecular weight is 342 g/mol. The molecule has 1 unspecified atom stereocenters. The summed E-state index contributed by atoms with van der Waals surface area (Å²) in [6, 6.07) is 29.1. The number of aryl methyl sites for hydroxylation is 1. The fraction of sp³-hybridized carbons (Fsp3) is 0.217. The van der Waals surface area contributed by atoms with Crippen LogP contribution in [-0.4, -0.2) is 7.12 Å². The molecule has 26 heavy (non-hydrogen) atoms. The van der Waals surface area contributed by atoms with Gasteiger partial charge < -0.3 is 9.31 Å². The van der Waals surface area contributed by atoms with Crippen molar-refractivity contribution in [1.29, 1.82) is 0 Å². The lowest BCUT2D eigenvalue weighted by atomic mass is 9.76. The third kappa shape index (κ3) is 4.00. The standard InChI is InChI=1S/C23H23BO2/c1-3-11-19(12-4-1)13-7-9-17-22-21-16-8-10-18-23(21)26-24(25-22)20-14-5-2-6-15-20/h1-6,8,10-12,14-16,18,22H,7,9,13,17H2. The second-order valence-electron chi connectivity index (χ2n) is 6.75. The van der Waals surface area contributed by atoms with Gasteiger partial charge in [0.05, 0.1) is 6.10 Å². The quantitative estimate of drug-likeness (QED) is 0.466. The van der Waals surface area contributed by atoms with Crippen molar-refractivity contribution in [3.63, 3.8) is 0 Å². The normalized spacial score (nSPS) is 16.0. The molecule has 0 bridgehead atoms. The summed E-state index contributed by atoms with van der Waals surface area (Å²) in [4.78, 5) is 0. The summed E-state index contributed by atoms with van der Waals surface area (Å²) >= 11 is 0. The SMILES string of the molecule is c1ccc(CCCCC2OB(c3ccccc3)Oc3ccccc32)cc1. The Morgan fingerprint density at radius 2 is 1.42 bits per heavy atom. The van der Waals surface area contributed by atoms with E-state index in [0.29, 0.717) is 0 Å². The van der Waals surface area contributed by atoms with Crippen LogP contribution in [0.5, 0.6) is 5.75 Å². The first-order chi connectivity index (χ1) is 12.9. The van der Waals surface area contributed by atoms with Gasteiger partial charge in [0, 0.05) is 5.56 Å². The van der Waals surface area contributed by atoms with Gasteiger partial charge in [-0.2, -0.15) is 0 Å². The number of hydrogen-bond donors (Lipinski definition) is 0. The molecule has 0 radical (unpaired) electrons. The number of fused-ring (bicyclic) bond motifs is 1. The van der Waals surface area contributed by atoms with Crippen LogP contribution in [0.2, 0.25) is 0 Å². The molecule has 0 saturated heterocycles. The zero-order valence-corrected chi connectivity index (χ0v) is 14.9. The molecule has 0 aromatic heterocycles. The van der Waals surface area contributed by atoms with Gasteiger partial charge in [-0.1, -0.05) is 85.3 Å². The van der Waals surface area contributed by atoms with Gasteiger partial charge >= 0.3 is 7.12 Å². The molecule has 1 heterocycles. The molecular weight excluding hydrogens is 319 g/mol. The van der Waals surface area contributed by atoms with E-state index in [2.05, 4.69) is 54.6 Å². The van der Waals surface area contributed by atoms with Crippen molar-refractivity contribution in [3.8, 4) is 5.75 Å². The van der Waals surface area contributed by atoms with Gasteiger partial charge in [0.25, 0.3) is 0 Å². The zero-order valence-electron chi connectivity index (χ0n) is 14.9. The highest BCUT2D eigenvalue weighted by Gasteiger charge is 2.34. The number of rotatable bonds is 6. The molecule has 0 saturated carbocycles. The Kier molecular flexibility index (Phi) is 5.37. The molecule has 0 amide bonds. The lowest BCUT2D eigenvalue weighted by Crippen LogP contribution is -2.43. The van der Waals surface area contributed by atoms with Crippen LogP contribution in [-0.2, 0) is 11.1 Å². The molecule has 0 aliphatic carbocycles. The van der Waals surface area contributed by atoms with E-state index in [1.165, 1.54) is 17.5 Å². The first-order valence-electron chi connectivity index (χ1n) is 9.40. The second-order valence-corrected chi connectivity index (χ2v) is 6.75. The summed E-state index contributed by atoms with van der Waals surface area (Å²) in [5, 5.41) is 0. The molecule has 3 heteroatoms. The fourth-order valence-electron chi connectivity index (χ4n) is 3.50. The highest BCUT2D eigenvalue weighted by atomic mass is 16.6. The van der Waals surface area contributed by atoms with E-state index in [1.54, 1.807) is 0 Å². The number of unbranched alkanes of at least 4 members (excludes halogenated alkanes) is 1. The molecule has 130 valence electrons. The molecule has 1 aliphatic rings. The Bertz CT molecular complexity index is 820. The maximum Gasteiger partial charge on any atom is 0.563 e. The van der Waals surface area contributed by atoms with Gasteiger partial charge in [-0.15, -0.1) is 0 Å². The van der Waals surface area contributed by atoms with E-state index in [4.69, 9.17) is 9.31 Å². The molecule has 3 aromatic carbocycles. The lowest BCUT2D eigenvalue weighted by molar-refractivity contribution is 0.145. The molecule has 0 spiro atoms. The van der Waals surface area contributed by atoms with Crippen LogP contribution >= 0.6 is 0 Å². The summed E-state index contributed by atoms with van der Waals surface area (Å²) in [6.07, 6.45) is 4.52. The smallest absolute Gasteiger partial charge is 0.532 e. The van der Waals surface area contributed by atoms with Crippen molar-refractivity contribution < 1.29 is 9.31 Å². The fourth-order valence-corrected chi connectivity index (χ4v) is 3.50. The Hall–Kier alpha value is -2.52. The van der Waals surface area contributed by atoms with Gasteiger partial charge in [-0.05, 0) is 36.4 Å². The topological polar surface area (TPSA) is 18.5 Å². The molecule has 2 nitrogen and oxygen atoms in total. The van der Waals surface area contributed by atoms with Crippen molar-refractivity contribution in [3.05, 3.63) is 96.1 Å². The summed E-state index contributed by atoms with van der Waals surface area (Å²) < 4.78 is 12.4. The summed E-state index contributed by atoms with van der Waals surface area (Å²) in [7, 11) is -0.328. The molecule has 1 aliphatic heterocycles. The molecule has 3 aromatic rings. The molecule has 0 fully saturated rings. The molecule has 1 atom stereocenters. The second kappa shape index (κ2) is 8.24. The van der Waals surface area contributed by atoms with Gasteiger partial charge in [0.2, 0.25) is 0 Å².